The fourth-order valence-corrected chi connectivity index (χ4v) is 5.29. The number of likely N-dealkylation sites (N-methyl/N-ethyl adjacent to an activating group) is 1. The summed E-state index contributed by atoms with van der Waals surface area (Å²) in [6, 6.07) is -0.658. The third kappa shape index (κ3) is 5.02. The van der Waals surface area contributed by atoms with E-state index in [4.69, 9.17) is 23.7 Å². The van der Waals surface area contributed by atoms with E-state index in [0.717, 1.165) is 0 Å². The lowest BCUT2D eigenvalue weighted by atomic mass is 9.79. The Kier molecular flexibility index (Phi) is 6.38. The van der Waals surface area contributed by atoms with E-state index in [1.54, 1.807) is 52.8 Å². The van der Waals surface area contributed by atoms with Gasteiger partial charge in [0.2, 0.25) is 0 Å². The number of carbonyl (C=O) groups is 4. The second kappa shape index (κ2) is 8.77. The molecule has 1 N–H and O–H groups in total. The van der Waals surface area contributed by atoms with Crippen molar-refractivity contribution in [2.45, 2.75) is 82.7 Å². The molecular formula is C24H34N2O9. The fourth-order valence-electron chi connectivity index (χ4n) is 5.29. The van der Waals surface area contributed by atoms with Gasteiger partial charge in [-0.1, -0.05) is 6.92 Å². The van der Waals surface area contributed by atoms with Crippen molar-refractivity contribution in [3.8, 4) is 0 Å². The summed E-state index contributed by atoms with van der Waals surface area (Å²) in [5.74, 6) is -2.33. The molecule has 0 aromatic rings. The first-order valence-corrected chi connectivity index (χ1v) is 11.8. The first-order chi connectivity index (χ1) is 16.2. The molecule has 1 aliphatic carbocycles. The van der Waals surface area contributed by atoms with Gasteiger partial charge in [0.05, 0.1) is 23.1 Å². The number of amides is 1. The van der Waals surface area contributed by atoms with E-state index in [1.165, 1.54) is 0 Å². The van der Waals surface area contributed by atoms with Gasteiger partial charge in [0.15, 0.2) is 6.10 Å². The normalized spacial score (nSPS) is 37.9. The number of esters is 3. The Balaban J connectivity index is 1.59. The van der Waals surface area contributed by atoms with Gasteiger partial charge in [-0.05, 0) is 47.9 Å². The van der Waals surface area contributed by atoms with Crippen LogP contribution in [0.3, 0.4) is 0 Å². The molecule has 194 valence electrons. The van der Waals surface area contributed by atoms with Gasteiger partial charge in [-0.3, -0.25) is 14.5 Å². The van der Waals surface area contributed by atoms with Crippen molar-refractivity contribution < 1.29 is 42.9 Å². The minimum Gasteiger partial charge on any atom is -0.462 e. The van der Waals surface area contributed by atoms with Gasteiger partial charge >= 0.3 is 24.0 Å². The van der Waals surface area contributed by atoms with E-state index < -0.39 is 72.2 Å². The topological polar surface area (TPSA) is 133 Å². The van der Waals surface area contributed by atoms with Gasteiger partial charge in [-0.25, -0.2) is 9.59 Å². The largest absolute Gasteiger partial charge is 0.462 e. The van der Waals surface area contributed by atoms with Crippen molar-refractivity contribution in [1.82, 2.24) is 10.2 Å². The van der Waals surface area contributed by atoms with E-state index in [-0.39, 0.29) is 11.9 Å². The van der Waals surface area contributed by atoms with Gasteiger partial charge in [0, 0.05) is 12.3 Å². The van der Waals surface area contributed by atoms with Crippen LogP contribution in [0.2, 0.25) is 0 Å². The monoisotopic (exact) mass is 494 g/mol. The number of alkyl carbamates (subject to hydrolysis) is 1. The maximum atomic E-state index is 13.0. The molecule has 8 atom stereocenters. The summed E-state index contributed by atoms with van der Waals surface area (Å²) in [6.45, 7) is 8.38. The van der Waals surface area contributed by atoms with Crippen molar-refractivity contribution >= 4 is 24.0 Å². The maximum Gasteiger partial charge on any atom is 0.408 e. The lowest BCUT2D eigenvalue weighted by molar-refractivity contribution is -0.153. The standard InChI is InChI=1S/C24H34N2O9/c1-11-16-13-8-12(21(29)31-13)17(26(6)7)18(19-24(5,34-19)9-14(16)32-20(11)28)33-15(27)10-25-22(30)35-23(2,3)4/h8,11,13-14,16-19H,9-10H2,1-7H3,(H,25,30)/t11?,13-,14+,16+,17+,18-,19+,24+/m1/s1. The highest BCUT2D eigenvalue weighted by Gasteiger charge is 2.65. The highest BCUT2D eigenvalue weighted by atomic mass is 16.7. The van der Waals surface area contributed by atoms with Crippen LogP contribution in [0.15, 0.2) is 11.6 Å². The van der Waals surface area contributed by atoms with Gasteiger partial charge in [-0.2, -0.15) is 0 Å². The number of rotatable bonds is 4. The summed E-state index contributed by atoms with van der Waals surface area (Å²) in [6.07, 6.45) is -1.20. The Labute approximate surface area is 204 Å². The molecule has 11 heteroatoms. The van der Waals surface area contributed by atoms with Crippen LogP contribution in [0.4, 0.5) is 4.79 Å². The van der Waals surface area contributed by atoms with Crippen molar-refractivity contribution in [3.63, 3.8) is 0 Å². The molecule has 3 heterocycles. The molecule has 0 spiro atoms. The van der Waals surface area contributed by atoms with Crippen molar-refractivity contribution in [2.75, 3.05) is 20.6 Å². The quantitative estimate of drug-likeness (QED) is 0.342. The minimum atomic E-state index is -0.869. The Bertz CT molecular complexity index is 955. The summed E-state index contributed by atoms with van der Waals surface area (Å²) in [7, 11) is 3.54. The summed E-state index contributed by atoms with van der Waals surface area (Å²) in [4.78, 5) is 51.8. The third-order valence-corrected chi connectivity index (χ3v) is 6.92. The molecule has 0 saturated carbocycles. The van der Waals surface area contributed by atoms with E-state index in [2.05, 4.69) is 5.32 Å². The Morgan fingerprint density at radius 3 is 2.54 bits per heavy atom. The van der Waals surface area contributed by atoms with Crippen LogP contribution in [-0.2, 0) is 38.1 Å². The van der Waals surface area contributed by atoms with Gasteiger partial charge in [-0.15, -0.1) is 0 Å². The number of nitrogens with zero attached hydrogens (tertiary/aromatic N) is 1. The molecule has 2 bridgehead atoms. The Morgan fingerprint density at radius 2 is 1.91 bits per heavy atom. The Morgan fingerprint density at radius 1 is 1.23 bits per heavy atom. The maximum absolute atomic E-state index is 13.0. The summed E-state index contributed by atoms with van der Waals surface area (Å²) >= 11 is 0. The predicted octanol–water partition coefficient (Wildman–Crippen LogP) is 0.944. The Hall–Kier alpha value is -2.66. The van der Waals surface area contributed by atoms with Crippen LogP contribution in [0.5, 0.6) is 0 Å². The average Bonchev–Trinajstić information content (AvgIpc) is 3.11. The SMILES string of the molecule is CC1C(=O)O[C@H]2C[C@]3(C)O[C@H]3[C@H](OC(=O)CNC(=O)OC(C)(C)C)[C@@H](N(C)C)C3=C[C@@H](OC3=O)[C@H]12. The molecule has 0 aromatic carbocycles. The number of fused-ring (bicyclic) bond motifs is 4. The number of epoxide rings is 1. The van der Waals surface area contributed by atoms with Crippen LogP contribution in [0.1, 0.15) is 41.0 Å². The molecule has 35 heavy (non-hydrogen) atoms. The van der Waals surface area contributed by atoms with Crippen LogP contribution < -0.4 is 5.32 Å². The zero-order valence-corrected chi connectivity index (χ0v) is 21.2. The van der Waals surface area contributed by atoms with E-state index in [1.807, 2.05) is 6.92 Å². The van der Waals surface area contributed by atoms with Crippen molar-refractivity contribution in [2.24, 2.45) is 11.8 Å². The molecule has 0 aromatic heterocycles. The summed E-state index contributed by atoms with van der Waals surface area (Å²) in [5, 5.41) is 2.39. The lowest BCUT2D eigenvalue weighted by Crippen LogP contribution is -2.50. The van der Waals surface area contributed by atoms with Crippen LogP contribution in [0.25, 0.3) is 0 Å². The van der Waals surface area contributed by atoms with Gasteiger partial charge < -0.3 is 29.0 Å². The van der Waals surface area contributed by atoms with Crippen molar-refractivity contribution in [3.05, 3.63) is 11.6 Å². The second-order valence-corrected chi connectivity index (χ2v) is 11.1. The minimum absolute atomic E-state index is 0.328. The molecule has 3 aliphatic heterocycles. The highest BCUT2D eigenvalue weighted by Crippen LogP contribution is 2.51. The smallest absolute Gasteiger partial charge is 0.408 e. The van der Waals surface area contributed by atoms with Crippen LogP contribution in [-0.4, -0.2) is 91.2 Å². The van der Waals surface area contributed by atoms with E-state index in [0.29, 0.717) is 12.0 Å². The molecule has 4 rings (SSSR count). The molecule has 1 unspecified atom stereocenters. The summed E-state index contributed by atoms with van der Waals surface area (Å²) < 4.78 is 28.4. The number of hydrogen-bond donors (Lipinski definition) is 1. The number of carbonyl (C=O) groups excluding carboxylic acids is 4. The predicted molar refractivity (Wildman–Crippen MR) is 120 cm³/mol. The van der Waals surface area contributed by atoms with Crippen molar-refractivity contribution in [1.29, 1.82) is 0 Å². The fraction of sp³-hybridized carbons (Fsp3) is 0.750. The number of nitrogens with one attached hydrogen (secondary N) is 1. The van der Waals surface area contributed by atoms with Crippen LogP contribution >= 0.6 is 0 Å². The number of hydrogen-bond acceptors (Lipinski definition) is 10. The van der Waals surface area contributed by atoms with Gasteiger partial charge in [0.25, 0.3) is 0 Å². The third-order valence-electron chi connectivity index (χ3n) is 6.92. The number of ether oxygens (including phenoxy) is 5. The lowest BCUT2D eigenvalue weighted by Gasteiger charge is -2.32. The molecule has 2 saturated heterocycles. The first-order valence-electron chi connectivity index (χ1n) is 11.8. The zero-order valence-electron chi connectivity index (χ0n) is 21.2. The first kappa shape index (κ1) is 25.4. The molecule has 0 radical (unpaired) electrons. The second-order valence-electron chi connectivity index (χ2n) is 11.1. The van der Waals surface area contributed by atoms with E-state index >= 15 is 0 Å². The van der Waals surface area contributed by atoms with E-state index in [9.17, 15) is 19.2 Å². The molecule has 4 aliphatic rings. The van der Waals surface area contributed by atoms with Crippen LogP contribution in [0, 0.1) is 11.8 Å². The molecule has 2 fully saturated rings. The molecular weight excluding hydrogens is 460 g/mol. The van der Waals surface area contributed by atoms with Gasteiger partial charge in [0.1, 0.15) is 30.5 Å². The average molecular weight is 495 g/mol. The zero-order chi connectivity index (χ0) is 25.9. The summed E-state index contributed by atoms with van der Waals surface area (Å²) in [5.41, 5.74) is -1.11. The molecule has 11 nitrogen and oxygen atoms in total. The molecule has 1 amide bonds. The highest BCUT2D eigenvalue weighted by molar-refractivity contribution is 5.93.